The lowest BCUT2D eigenvalue weighted by atomic mass is 9.85. The van der Waals surface area contributed by atoms with Crippen molar-refractivity contribution < 1.29 is 13.2 Å². The molecular formula is C22H25F3N6. The molecule has 0 unspecified atom stereocenters. The number of alkyl halides is 3. The lowest BCUT2D eigenvalue weighted by Gasteiger charge is -2.42. The summed E-state index contributed by atoms with van der Waals surface area (Å²) in [5, 5.41) is 11.4. The van der Waals surface area contributed by atoms with E-state index in [-0.39, 0.29) is 6.04 Å². The van der Waals surface area contributed by atoms with Gasteiger partial charge in [-0.15, -0.1) is 0 Å². The molecule has 0 aliphatic carbocycles. The zero-order valence-corrected chi connectivity index (χ0v) is 17.3. The van der Waals surface area contributed by atoms with Crippen LogP contribution >= 0.6 is 0 Å². The Morgan fingerprint density at radius 2 is 1.90 bits per heavy atom. The number of halogens is 3. The molecule has 2 aliphatic heterocycles. The first-order valence-electron chi connectivity index (χ1n) is 10.6. The zero-order chi connectivity index (χ0) is 21.6. The number of nitrogens with one attached hydrogen (secondary N) is 2. The SMILES string of the molecule is C[C@@H]1Cc2c(ccc3[nH]ncc23)[C@@H](c2ccc(N3CCNCC3)cn2)N1CC(F)(F)F. The van der Waals surface area contributed by atoms with Gasteiger partial charge < -0.3 is 10.2 Å². The molecular weight excluding hydrogens is 405 g/mol. The van der Waals surface area contributed by atoms with Crippen LogP contribution in [0.2, 0.25) is 0 Å². The fourth-order valence-corrected chi connectivity index (χ4v) is 4.88. The van der Waals surface area contributed by atoms with Gasteiger partial charge in [0.15, 0.2) is 0 Å². The maximum absolute atomic E-state index is 13.5. The van der Waals surface area contributed by atoms with Crippen molar-refractivity contribution in [2.24, 2.45) is 0 Å². The van der Waals surface area contributed by atoms with E-state index in [1.165, 1.54) is 4.90 Å². The fraction of sp³-hybridized carbons (Fsp3) is 0.455. The lowest BCUT2D eigenvalue weighted by molar-refractivity contribution is -0.155. The first-order chi connectivity index (χ1) is 14.9. The van der Waals surface area contributed by atoms with Crippen molar-refractivity contribution in [1.29, 1.82) is 0 Å². The molecule has 2 N–H and O–H groups in total. The van der Waals surface area contributed by atoms with Crippen LogP contribution in [0.1, 0.15) is 29.8 Å². The highest BCUT2D eigenvalue weighted by molar-refractivity contribution is 5.83. The number of aromatic amines is 1. The Morgan fingerprint density at radius 3 is 2.61 bits per heavy atom. The minimum atomic E-state index is -4.29. The topological polar surface area (TPSA) is 60.1 Å². The minimum absolute atomic E-state index is 0.283. The van der Waals surface area contributed by atoms with Crippen molar-refractivity contribution in [3.05, 3.63) is 53.5 Å². The highest BCUT2D eigenvalue weighted by atomic mass is 19.4. The van der Waals surface area contributed by atoms with E-state index in [9.17, 15) is 13.2 Å². The normalized spacial score (nSPS) is 22.6. The van der Waals surface area contributed by atoms with Crippen molar-refractivity contribution in [2.75, 3.05) is 37.6 Å². The number of H-pyrrole nitrogens is 1. The molecule has 2 aromatic heterocycles. The van der Waals surface area contributed by atoms with Crippen LogP contribution in [-0.2, 0) is 6.42 Å². The highest BCUT2D eigenvalue weighted by Crippen LogP contribution is 2.41. The van der Waals surface area contributed by atoms with Gasteiger partial charge in [0.25, 0.3) is 0 Å². The van der Waals surface area contributed by atoms with Gasteiger partial charge in [0.05, 0.1) is 41.9 Å². The Balaban J connectivity index is 1.57. The summed E-state index contributed by atoms with van der Waals surface area (Å²) in [5.74, 6) is 0. The minimum Gasteiger partial charge on any atom is -0.368 e. The number of pyridine rings is 1. The number of rotatable bonds is 3. The Hall–Kier alpha value is -2.65. The summed E-state index contributed by atoms with van der Waals surface area (Å²) >= 11 is 0. The maximum atomic E-state index is 13.5. The molecule has 5 rings (SSSR count). The summed E-state index contributed by atoms with van der Waals surface area (Å²) < 4.78 is 40.5. The second-order valence-corrected chi connectivity index (χ2v) is 8.39. The molecule has 1 aromatic carbocycles. The van der Waals surface area contributed by atoms with Crippen LogP contribution < -0.4 is 10.2 Å². The van der Waals surface area contributed by atoms with E-state index in [1.807, 2.05) is 31.2 Å². The van der Waals surface area contributed by atoms with Gasteiger partial charge in [-0.1, -0.05) is 6.07 Å². The van der Waals surface area contributed by atoms with E-state index >= 15 is 0 Å². The van der Waals surface area contributed by atoms with Gasteiger partial charge in [0, 0.05) is 37.6 Å². The van der Waals surface area contributed by atoms with Gasteiger partial charge >= 0.3 is 6.18 Å². The first kappa shape index (κ1) is 20.3. The molecule has 1 fully saturated rings. The van der Waals surface area contributed by atoms with Gasteiger partial charge in [-0.2, -0.15) is 18.3 Å². The summed E-state index contributed by atoms with van der Waals surface area (Å²) in [6.07, 6.45) is -0.192. The molecule has 164 valence electrons. The van der Waals surface area contributed by atoms with Crippen LogP contribution in [0.4, 0.5) is 18.9 Å². The summed E-state index contributed by atoms with van der Waals surface area (Å²) in [5.41, 5.74) is 4.46. The molecule has 9 heteroatoms. The maximum Gasteiger partial charge on any atom is 0.401 e. The number of hydrogen-bond acceptors (Lipinski definition) is 5. The van der Waals surface area contributed by atoms with Crippen molar-refractivity contribution in [3.63, 3.8) is 0 Å². The Bertz CT molecular complexity index is 1060. The van der Waals surface area contributed by atoms with Crippen LogP contribution in [0.25, 0.3) is 10.9 Å². The molecule has 0 radical (unpaired) electrons. The van der Waals surface area contributed by atoms with E-state index in [2.05, 4.69) is 25.4 Å². The summed E-state index contributed by atoms with van der Waals surface area (Å²) in [4.78, 5) is 8.44. The molecule has 4 heterocycles. The first-order valence-corrected chi connectivity index (χ1v) is 10.6. The van der Waals surface area contributed by atoms with E-state index in [4.69, 9.17) is 0 Å². The van der Waals surface area contributed by atoms with E-state index < -0.39 is 18.8 Å². The number of fused-ring (bicyclic) bond motifs is 3. The smallest absolute Gasteiger partial charge is 0.368 e. The Morgan fingerprint density at radius 1 is 1.10 bits per heavy atom. The van der Waals surface area contributed by atoms with Gasteiger partial charge in [-0.25, -0.2) is 0 Å². The van der Waals surface area contributed by atoms with E-state index in [0.29, 0.717) is 12.1 Å². The third kappa shape index (κ3) is 3.87. The van der Waals surface area contributed by atoms with Gasteiger partial charge in [0.1, 0.15) is 0 Å². The predicted molar refractivity (Wildman–Crippen MR) is 113 cm³/mol. The largest absolute Gasteiger partial charge is 0.401 e. The van der Waals surface area contributed by atoms with Crippen molar-refractivity contribution in [2.45, 2.75) is 31.6 Å². The summed E-state index contributed by atoms with van der Waals surface area (Å²) in [6, 6.07) is 6.83. The molecule has 0 spiro atoms. The molecule has 0 saturated carbocycles. The summed E-state index contributed by atoms with van der Waals surface area (Å²) in [6.45, 7) is 4.50. The average molecular weight is 430 g/mol. The van der Waals surface area contributed by atoms with Crippen molar-refractivity contribution >= 4 is 16.6 Å². The molecule has 3 aromatic rings. The number of hydrogen-bond donors (Lipinski definition) is 2. The summed E-state index contributed by atoms with van der Waals surface area (Å²) in [7, 11) is 0. The quantitative estimate of drug-likeness (QED) is 0.668. The number of piperazine rings is 1. The third-order valence-electron chi connectivity index (χ3n) is 6.36. The molecule has 2 aliphatic rings. The van der Waals surface area contributed by atoms with Crippen LogP contribution in [0.5, 0.6) is 0 Å². The van der Waals surface area contributed by atoms with Crippen LogP contribution in [-0.4, -0.2) is 65.0 Å². The van der Waals surface area contributed by atoms with E-state index in [1.54, 1.807) is 12.4 Å². The van der Waals surface area contributed by atoms with Crippen LogP contribution in [0.15, 0.2) is 36.7 Å². The molecule has 1 saturated heterocycles. The second-order valence-electron chi connectivity index (χ2n) is 8.39. The van der Waals surface area contributed by atoms with Crippen LogP contribution in [0, 0.1) is 0 Å². The third-order valence-corrected chi connectivity index (χ3v) is 6.36. The fourth-order valence-electron chi connectivity index (χ4n) is 4.88. The zero-order valence-electron chi connectivity index (χ0n) is 17.3. The van der Waals surface area contributed by atoms with Crippen molar-refractivity contribution in [3.8, 4) is 0 Å². The number of aromatic nitrogens is 3. The molecule has 2 atom stereocenters. The lowest BCUT2D eigenvalue weighted by Crippen LogP contribution is -2.47. The highest BCUT2D eigenvalue weighted by Gasteiger charge is 2.41. The monoisotopic (exact) mass is 430 g/mol. The number of benzene rings is 1. The predicted octanol–water partition coefficient (Wildman–Crippen LogP) is 3.27. The standard InChI is InChI=1S/C22H25F3N6/c1-14-10-17-16(3-5-19-18(17)12-28-29-19)21(31(14)13-22(23,24)25)20-4-2-15(11-27-20)30-8-6-26-7-9-30/h2-5,11-12,14,21,26H,6-10,13H2,1H3,(H,28,29)/t14-,21+/m1/s1. The molecule has 0 amide bonds. The second kappa shape index (κ2) is 7.80. The Kier molecular flexibility index (Phi) is 5.10. The number of anilines is 1. The Labute approximate surface area is 178 Å². The van der Waals surface area contributed by atoms with Gasteiger partial charge in [-0.3, -0.25) is 15.0 Å². The van der Waals surface area contributed by atoms with Gasteiger partial charge in [0.2, 0.25) is 0 Å². The molecule has 31 heavy (non-hydrogen) atoms. The molecule has 0 bridgehead atoms. The number of nitrogens with zero attached hydrogens (tertiary/aromatic N) is 4. The molecule has 6 nitrogen and oxygen atoms in total. The van der Waals surface area contributed by atoms with Gasteiger partial charge in [-0.05, 0) is 42.7 Å². The average Bonchev–Trinajstić information content (AvgIpc) is 3.24. The van der Waals surface area contributed by atoms with Crippen LogP contribution in [0.3, 0.4) is 0 Å². The van der Waals surface area contributed by atoms with E-state index in [0.717, 1.165) is 53.9 Å². The van der Waals surface area contributed by atoms with Crippen molar-refractivity contribution in [1.82, 2.24) is 25.4 Å².